The zero-order valence-corrected chi connectivity index (χ0v) is 14.5. The van der Waals surface area contributed by atoms with Crippen molar-refractivity contribution >= 4 is 11.7 Å². The number of urea groups is 1. The van der Waals surface area contributed by atoms with Crippen LogP contribution in [0.25, 0.3) is 0 Å². The number of ether oxygens (including phenoxy) is 1. The molecule has 0 fully saturated rings. The van der Waals surface area contributed by atoms with Gasteiger partial charge in [0.05, 0.1) is 5.60 Å². The fraction of sp³-hybridized carbons (Fsp3) is 0.316. The first-order chi connectivity index (χ1) is 12.4. The second-order valence-corrected chi connectivity index (χ2v) is 6.19. The number of hydrogen-bond donors (Lipinski definition) is 4. The van der Waals surface area contributed by atoms with Gasteiger partial charge in [0.2, 0.25) is 0 Å². The number of halogens is 1. The van der Waals surface area contributed by atoms with Gasteiger partial charge in [-0.15, -0.1) is 0 Å². The molecule has 0 heterocycles. The number of para-hydroxylation sites is 1. The van der Waals surface area contributed by atoms with Crippen molar-refractivity contribution < 1.29 is 24.1 Å². The van der Waals surface area contributed by atoms with E-state index in [1.807, 2.05) is 0 Å². The van der Waals surface area contributed by atoms with Crippen molar-refractivity contribution in [3.63, 3.8) is 0 Å². The van der Waals surface area contributed by atoms with Crippen molar-refractivity contribution in [3.8, 4) is 11.5 Å². The molecule has 0 aromatic heterocycles. The summed E-state index contributed by atoms with van der Waals surface area (Å²) in [6.07, 6.45) is 0.839. The normalized spacial score (nSPS) is 12.9. The Kier molecular flexibility index (Phi) is 6.94. The van der Waals surface area contributed by atoms with E-state index in [9.17, 15) is 14.3 Å². The van der Waals surface area contributed by atoms with E-state index >= 15 is 0 Å². The molecular formula is C19H23FN2O4. The Morgan fingerprint density at radius 2 is 1.88 bits per heavy atom. The topological polar surface area (TPSA) is 90.8 Å². The standard InChI is InChI=1S/C19H23FN2O4/c1-19(25,11-4-12-23)13-21-18(24)22-14-7-9-15(10-8-14)26-17-6-3-2-5-16(17)20/h2-3,5-10,23,25H,4,11-13H2,1H3,(H2,21,22,24). The second kappa shape index (κ2) is 9.17. The van der Waals surface area contributed by atoms with E-state index in [2.05, 4.69) is 10.6 Å². The molecule has 7 heteroatoms. The number of anilines is 1. The highest BCUT2D eigenvalue weighted by atomic mass is 19.1. The maximum Gasteiger partial charge on any atom is 0.319 e. The average molecular weight is 362 g/mol. The molecular weight excluding hydrogens is 339 g/mol. The van der Waals surface area contributed by atoms with Gasteiger partial charge < -0.3 is 25.6 Å². The van der Waals surface area contributed by atoms with Crippen LogP contribution in [-0.4, -0.2) is 35.0 Å². The van der Waals surface area contributed by atoms with Crippen molar-refractivity contribution in [2.45, 2.75) is 25.4 Å². The maximum absolute atomic E-state index is 13.6. The number of nitrogens with one attached hydrogen (secondary N) is 2. The van der Waals surface area contributed by atoms with Crippen molar-refractivity contribution in [1.29, 1.82) is 0 Å². The zero-order valence-electron chi connectivity index (χ0n) is 14.5. The van der Waals surface area contributed by atoms with Gasteiger partial charge in [0.1, 0.15) is 5.75 Å². The smallest absolute Gasteiger partial charge is 0.319 e. The third-order valence-corrected chi connectivity index (χ3v) is 3.68. The Balaban J connectivity index is 1.85. The quantitative estimate of drug-likeness (QED) is 0.580. The minimum absolute atomic E-state index is 0.0103. The number of aliphatic hydroxyl groups is 2. The van der Waals surface area contributed by atoms with E-state index in [4.69, 9.17) is 9.84 Å². The molecule has 2 aromatic rings. The predicted molar refractivity (Wildman–Crippen MR) is 96.9 cm³/mol. The molecule has 26 heavy (non-hydrogen) atoms. The molecule has 4 N–H and O–H groups in total. The van der Waals surface area contributed by atoms with Gasteiger partial charge in [-0.1, -0.05) is 12.1 Å². The molecule has 0 saturated carbocycles. The molecule has 2 aromatic carbocycles. The number of carbonyl (C=O) groups is 1. The Morgan fingerprint density at radius 1 is 1.19 bits per heavy atom. The van der Waals surface area contributed by atoms with Gasteiger partial charge in [0.25, 0.3) is 0 Å². The summed E-state index contributed by atoms with van der Waals surface area (Å²) in [4.78, 5) is 11.9. The van der Waals surface area contributed by atoms with Crippen LogP contribution in [0.5, 0.6) is 11.5 Å². The van der Waals surface area contributed by atoms with Crippen LogP contribution in [-0.2, 0) is 0 Å². The molecule has 0 aliphatic heterocycles. The molecule has 0 saturated heterocycles. The monoisotopic (exact) mass is 362 g/mol. The third kappa shape index (κ3) is 6.34. The molecule has 0 aliphatic rings. The number of aliphatic hydroxyl groups excluding tert-OH is 1. The van der Waals surface area contributed by atoms with Gasteiger partial charge in [-0.05, 0) is 56.2 Å². The number of hydrogen-bond acceptors (Lipinski definition) is 4. The fourth-order valence-corrected chi connectivity index (χ4v) is 2.26. The van der Waals surface area contributed by atoms with E-state index in [1.54, 1.807) is 43.3 Å². The Bertz CT molecular complexity index is 720. The molecule has 2 amide bonds. The molecule has 0 bridgehead atoms. The van der Waals surface area contributed by atoms with Crippen LogP contribution in [0.15, 0.2) is 48.5 Å². The molecule has 0 radical (unpaired) electrons. The number of rotatable bonds is 8. The summed E-state index contributed by atoms with van der Waals surface area (Å²) in [7, 11) is 0. The summed E-state index contributed by atoms with van der Waals surface area (Å²) in [5.41, 5.74) is -0.560. The predicted octanol–water partition coefficient (Wildman–Crippen LogP) is 3.26. The van der Waals surface area contributed by atoms with Gasteiger partial charge in [0.15, 0.2) is 11.6 Å². The van der Waals surface area contributed by atoms with E-state index in [-0.39, 0.29) is 18.9 Å². The lowest BCUT2D eigenvalue weighted by atomic mass is 10.0. The van der Waals surface area contributed by atoms with Crippen LogP contribution < -0.4 is 15.4 Å². The first-order valence-electron chi connectivity index (χ1n) is 8.30. The van der Waals surface area contributed by atoms with Gasteiger partial charge in [0, 0.05) is 18.8 Å². The molecule has 140 valence electrons. The van der Waals surface area contributed by atoms with Crippen molar-refractivity contribution in [2.24, 2.45) is 0 Å². The van der Waals surface area contributed by atoms with Gasteiger partial charge in [-0.25, -0.2) is 9.18 Å². The van der Waals surface area contributed by atoms with Crippen LogP contribution in [0.4, 0.5) is 14.9 Å². The van der Waals surface area contributed by atoms with Crippen molar-refractivity contribution in [2.75, 3.05) is 18.5 Å². The van der Waals surface area contributed by atoms with Gasteiger partial charge >= 0.3 is 6.03 Å². The van der Waals surface area contributed by atoms with E-state index in [0.29, 0.717) is 24.3 Å². The average Bonchev–Trinajstić information content (AvgIpc) is 2.62. The molecule has 1 atom stereocenters. The van der Waals surface area contributed by atoms with Gasteiger partial charge in [-0.3, -0.25) is 0 Å². The highest BCUT2D eigenvalue weighted by molar-refractivity contribution is 5.89. The lowest BCUT2D eigenvalue weighted by Gasteiger charge is -2.23. The SMILES string of the molecule is CC(O)(CCCO)CNC(=O)Nc1ccc(Oc2ccccc2F)cc1. The highest BCUT2D eigenvalue weighted by Gasteiger charge is 2.20. The molecule has 2 rings (SSSR count). The van der Waals surface area contributed by atoms with Crippen LogP contribution in [0.3, 0.4) is 0 Å². The Hall–Kier alpha value is -2.64. The summed E-state index contributed by atoms with van der Waals surface area (Å²) in [5, 5.41) is 24.1. The van der Waals surface area contributed by atoms with E-state index in [0.717, 1.165) is 0 Å². The van der Waals surface area contributed by atoms with Crippen LogP contribution >= 0.6 is 0 Å². The van der Waals surface area contributed by atoms with Gasteiger partial charge in [-0.2, -0.15) is 0 Å². The van der Waals surface area contributed by atoms with Crippen LogP contribution in [0.1, 0.15) is 19.8 Å². The minimum atomic E-state index is -1.09. The fourth-order valence-electron chi connectivity index (χ4n) is 2.26. The summed E-state index contributed by atoms with van der Waals surface area (Å²) in [6.45, 7) is 1.65. The van der Waals surface area contributed by atoms with Crippen molar-refractivity contribution in [3.05, 3.63) is 54.3 Å². The minimum Gasteiger partial charge on any atom is -0.454 e. The molecule has 0 spiro atoms. The van der Waals surface area contributed by atoms with E-state index in [1.165, 1.54) is 12.1 Å². The number of carbonyl (C=O) groups excluding carboxylic acids is 1. The zero-order chi connectivity index (χ0) is 19.0. The number of benzene rings is 2. The van der Waals surface area contributed by atoms with Crippen LogP contribution in [0, 0.1) is 5.82 Å². The summed E-state index contributed by atoms with van der Waals surface area (Å²) >= 11 is 0. The Labute approximate surface area is 151 Å². The highest BCUT2D eigenvalue weighted by Crippen LogP contribution is 2.25. The first kappa shape index (κ1) is 19.7. The molecule has 6 nitrogen and oxygen atoms in total. The first-order valence-corrected chi connectivity index (χ1v) is 8.30. The summed E-state index contributed by atoms with van der Waals surface area (Å²) in [5.74, 6) is 0.103. The number of amides is 2. The third-order valence-electron chi connectivity index (χ3n) is 3.68. The van der Waals surface area contributed by atoms with E-state index < -0.39 is 17.4 Å². The maximum atomic E-state index is 13.6. The molecule has 0 aliphatic carbocycles. The largest absolute Gasteiger partial charge is 0.454 e. The molecule has 1 unspecified atom stereocenters. The lowest BCUT2D eigenvalue weighted by Crippen LogP contribution is -2.42. The Morgan fingerprint density at radius 3 is 2.54 bits per heavy atom. The summed E-state index contributed by atoms with van der Waals surface area (Å²) in [6, 6.07) is 12.1. The van der Waals surface area contributed by atoms with Crippen molar-refractivity contribution in [1.82, 2.24) is 5.32 Å². The van der Waals surface area contributed by atoms with Crippen LogP contribution in [0.2, 0.25) is 0 Å². The second-order valence-electron chi connectivity index (χ2n) is 6.19. The summed E-state index contributed by atoms with van der Waals surface area (Å²) < 4.78 is 19.0. The lowest BCUT2D eigenvalue weighted by molar-refractivity contribution is 0.0464.